The Labute approximate surface area is 133 Å². The third-order valence-corrected chi connectivity index (χ3v) is 4.77. The molecule has 0 saturated heterocycles. The van der Waals surface area contributed by atoms with Crippen LogP contribution >= 0.6 is 0 Å². The highest BCUT2D eigenvalue weighted by Gasteiger charge is 2.24. The molecule has 0 bridgehead atoms. The van der Waals surface area contributed by atoms with Gasteiger partial charge in [-0.3, -0.25) is 0 Å². The van der Waals surface area contributed by atoms with Crippen LogP contribution in [-0.2, 0) is 6.54 Å². The van der Waals surface area contributed by atoms with E-state index in [-0.39, 0.29) is 6.04 Å². The zero-order valence-electron chi connectivity index (χ0n) is 13.1. The van der Waals surface area contributed by atoms with Gasteiger partial charge in [-0.25, -0.2) is 0 Å². The number of rotatable bonds is 5. The van der Waals surface area contributed by atoms with Gasteiger partial charge in [-0.05, 0) is 31.2 Å². The summed E-state index contributed by atoms with van der Waals surface area (Å²) in [7, 11) is 0. The van der Waals surface area contributed by atoms with Crippen LogP contribution in [0.4, 0.5) is 0 Å². The minimum absolute atomic E-state index is 0.110. The molecule has 2 aliphatic carbocycles. The predicted molar refractivity (Wildman–Crippen MR) is 92.5 cm³/mol. The van der Waals surface area contributed by atoms with E-state index >= 15 is 0 Å². The third kappa shape index (κ3) is 4.29. The van der Waals surface area contributed by atoms with E-state index in [1.54, 1.807) is 0 Å². The molecular formula is C19H27N3. The van der Waals surface area contributed by atoms with E-state index < -0.39 is 0 Å². The molecule has 4 N–H and O–H groups in total. The fourth-order valence-corrected chi connectivity index (χ4v) is 3.39. The average molecular weight is 297 g/mol. The third-order valence-electron chi connectivity index (χ3n) is 4.77. The summed E-state index contributed by atoms with van der Waals surface area (Å²) < 4.78 is 0. The van der Waals surface area contributed by atoms with Gasteiger partial charge in [0.1, 0.15) is 0 Å². The molecule has 0 spiro atoms. The monoisotopic (exact) mass is 297 g/mol. The first-order chi connectivity index (χ1) is 10.8. The molecule has 1 saturated carbocycles. The maximum absolute atomic E-state index is 6.12. The van der Waals surface area contributed by atoms with Gasteiger partial charge >= 0.3 is 0 Å². The Balaban J connectivity index is 1.39. The smallest absolute Gasteiger partial charge is 0.0445 e. The Hall–Kier alpha value is -1.42. The van der Waals surface area contributed by atoms with Gasteiger partial charge in [-0.1, -0.05) is 54.6 Å². The molecule has 22 heavy (non-hydrogen) atoms. The Morgan fingerprint density at radius 2 is 1.59 bits per heavy atom. The molecule has 0 amide bonds. The summed E-state index contributed by atoms with van der Waals surface area (Å²) in [4.78, 5) is 0. The zero-order valence-corrected chi connectivity index (χ0v) is 13.1. The van der Waals surface area contributed by atoms with Crippen LogP contribution in [-0.4, -0.2) is 24.2 Å². The SMILES string of the molecule is NC1C=CC=CC1N[C@H]1CC[C@H](NCc2ccccc2)CC1. The zero-order chi connectivity index (χ0) is 15.2. The van der Waals surface area contributed by atoms with E-state index in [9.17, 15) is 0 Å². The molecule has 0 radical (unpaired) electrons. The molecular weight excluding hydrogens is 270 g/mol. The number of nitrogens with two attached hydrogens (primary N) is 1. The summed E-state index contributed by atoms with van der Waals surface area (Å²) in [6.45, 7) is 0.977. The Kier molecular flexibility index (Phi) is 5.43. The van der Waals surface area contributed by atoms with Gasteiger partial charge in [-0.15, -0.1) is 0 Å². The van der Waals surface area contributed by atoms with Crippen molar-refractivity contribution in [3.05, 3.63) is 60.2 Å². The Morgan fingerprint density at radius 3 is 2.32 bits per heavy atom. The predicted octanol–water partition coefficient (Wildman–Crippen LogP) is 2.50. The number of hydrogen-bond donors (Lipinski definition) is 3. The van der Waals surface area contributed by atoms with E-state index in [1.807, 2.05) is 6.08 Å². The number of benzene rings is 1. The summed E-state index contributed by atoms with van der Waals surface area (Å²) in [5, 5.41) is 7.40. The molecule has 3 nitrogen and oxygen atoms in total. The van der Waals surface area contributed by atoms with Gasteiger partial charge in [0, 0.05) is 30.7 Å². The van der Waals surface area contributed by atoms with Crippen molar-refractivity contribution in [3.8, 4) is 0 Å². The lowest BCUT2D eigenvalue weighted by Gasteiger charge is -2.33. The Morgan fingerprint density at radius 1 is 0.909 bits per heavy atom. The van der Waals surface area contributed by atoms with Gasteiger partial charge in [-0.2, -0.15) is 0 Å². The molecule has 3 rings (SSSR count). The number of hydrogen-bond acceptors (Lipinski definition) is 3. The molecule has 118 valence electrons. The van der Waals surface area contributed by atoms with Crippen LogP contribution in [0.25, 0.3) is 0 Å². The summed E-state index contributed by atoms with van der Waals surface area (Å²) in [5.74, 6) is 0. The van der Waals surface area contributed by atoms with E-state index in [0.29, 0.717) is 18.1 Å². The van der Waals surface area contributed by atoms with Crippen molar-refractivity contribution in [1.82, 2.24) is 10.6 Å². The lowest BCUT2D eigenvalue weighted by molar-refractivity contribution is 0.292. The molecule has 0 heterocycles. The van der Waals surface area contributed by atoms with Crippen molar-refractivity contribution in [2.75, 3.05) is 0 Å². The number of nitrogens with one attached hydrogen (secondary N) is 2. The fraction of sp³-hybridized carbons (Fsp3) is 0.474. The molecule has 0 aromatic heterocycles. The normalized spacial score (nSPS) is 31.3. The number of allylic oxidation sites excluding steroid dienone is 2. The summed E-state index contributed by atoms with van der Waals surface area (Å²) in [6, 6.07) is 12.3. The lowest BCUT2D eigenvalue weighted by atomic mass is 9.89. The highest BCUT2D eigenvalue weighted by atomic mass is 15.0. The first-order valence-electron chi connectivity index (χ1n) is 8.45. The molecule has 2 atom stereocenters. The second kappa shape index (κ2) is 7.73. The van der Waals surface area contributed by atoms with Crippen molar-refractivity contribution in [2.45, 2.75) is 56.4 Å². The summed E-state index contributed by atoms with van der Waals surface area (Å²) in [6.07, 6.45) is 13.3. The van der Waals surface area contributed by atoms with Crippen LogP contribution in [0, 0.1) is 0 Å². The van der Waals surface area contributed by atoms with Crippen molar-refractivity contribution in [3.63, 3.8) is 0 Å². The standard InChI is InChI=1S/C19H27N3/c20-18-8-4-5-9-19(18)22-17-12-10-16(11-13-17)21-14-15-6-2-1-3-7-15/h1-9,16-19,21-22H,10-14,20H2/t16-,17-,18?,19?. The topological polar surface area (TPSA) is 50.1 Å². The average Bonchev–Trinajstić information content (AvgIpc) is 2.57. The van der Waals surface area contributed by atoms with Crippen LogP contribution in [0.5, 0.6) is 0 Å². The second-order valence-electron chi connectivity index (χ2n) is 6.45. The van der Waals surface area contributed by atoms with Crippen LogP contribution in [0.3, 0.4) is 0 Å². The molecule has 3 heteroatoms. The lowest BCUT2D eigenvalue weighted by Crippen LogP contribution is -2.50. The summed E-state index contributed by atoms with van der Waals surface area (Å²) >= 11 is 0. The van der Waals surface area contributed by atoms with E-state index in [4.69, 9.17) is 5.73 Å². The van der Waals surface area contributed by atoms with Crippen LogP contribution in [0.2, 0.25) is 0 Å². The van der Waals surface area contributed by atoms with Crippen LogP contribution in [0.1, 0.15) is 31.2 Å². The van der Waals surface area contributed by atoms with E-state index in [2.05, 4.69) is 59.2 Å². The van der Waals surface area contributed by atoms with E-state index in [1.165, 1.54) is 31.2 Å². The van der Waals surface area contributed by atoms with E-state index in [0.717, 1.165) is 6.54 Å². The van der Waals surface area contributed by atoms with Gasteiger partial charge in [0.05, 0.1) is 0 Å². The van der Waals surface area contributed by atoms with Crippen molar-refractivity contribution < 1.29 is 0 Å². The largest absolute Gasteiger partial charge is 0.323 e. The van der Waals surface area contributed by atoms with Gasteiger partial charge in [0.25, 0.3) is 0 Å². The maximum atomic E-state index is 6.12. The quantitative estimate of drug-likeness (QED) is 0.782. The molecule has 1 aromatic rings. The second-order valence-corrected chi connectivity index (χ2v) is 6.45. The molecule has 2 unspecified atom stereocenters. The first kappa shape index (κ1) is 15.5. The van der Waals surface area contributed by atoms with Crippen LogP contribution in [0.15, 0.2) is 54.6 Å². The molecule has 2 aliphatic rings. The molecule has 1 fully saturated rings. The molecule has 0 aliphatic heterocycles. The van der Waals surface area contributed by atoms with Crippen LogP contribution < -0.4 is 16.4 Å². The highest BCUT2D eigenvalue weighted by Crippen LogP contribution is 2.20. The first-order valence-corrected chi connectivity index (χ1v) is 8.45. The highest BCUT2D eigenvalue weighted by molar-refractivity contribution is 5.20. The fourth-order valence-electron chi connectivity index (χ4n) is 3.39. The summed E-state index contributed by atoms with van der Waals surface area (Å²) in [5.41, 5.74) is 7.49. The minimum atomic E-state index is 0.110. The van der Waals surface area contributed by atoms with Gasteiger partial charge in [0.2, 0.25) is 0 Å². The van der Waals surface area contributed by atoms with Gasteiger partial charge < -0.3 is 16.4 Å². The minimum Gasteiger partial charge on any atom is -0.323 e. The Bertz CT molecular complexity index is 501. The van der Waals surface area contributed by atoms with Crippen molar-refractivity contribution in [2.24, 2.45) is 5.73 Å². The maximum Gasteiger partial charge on any atom is 0.0445 e. The molecule has 1 aromatic carbocycles. The van der Waals surface area contributed by atoms with Crippen molar-refractivity contribution in [1.29, 1.82) is 0 Å². The van der Waals surface area contributed by atoms with Crippen molar-refractivity contribution >= 4 is 0 Å². The van der Waals surface area contributed by atoms with Gasteiger partial charge in [0.15, 0.2) is 0 Å².